The molecule has 3 N–H and O–H groups in total. The standard InChI is InChI=1S/C10H20N2O2.CH2O2/c1-7-5-11-6-8(7)12-9(13)14-10(2,3)4;2-1-3/h7-8,11H,5-6H2,1-4H3,(H,12,13);1H,(H,2,3)/t7-,8+;/m0./s1. The Kier molecular flexibility index (Phi) is 6.57. The lowest BCUT2D eigenvalue weighted by Crippen LogP contribution is -2.42. The number of carboxylic acid groups (broad SMARTS) is 1. The highest BCUT2D eigenvalue weighted by Gasteiger charge is 2.26. The average molecular weight is 246 g/mol. The van der Waals surface area contributed by atoms with Gasteiger partial charge in [0.25, 0.3) is 6.47 Å². The summed E-state index contributed by atoms with van der Waals surface area (Å²) in [4.78, 5) is 19.8. The van der Waals surface area contributed by atoms with Crippen LogP contribution in [0.1, 0.15) is 27.7 Å². The second-order valence-electron chi connectivity index (χ2n) is 4.99. The van der Waals surface area contributed by atoms with Gasteiger partial charge in [0, 0.05) is 12.6 Å². The van der Waals surface area contributed by atoms with Crippen molar-refractivity contribution in [3.63, 3.8) is 0 Å². The summed E-state index contributed by atoms with van der Waals surface area (Å²) >= 11 is 0. The second-order valence-corrected chi connectivity index (χ2v) is 4.99. The summed E-state index contributed by atoms with van der Waals surface area (Å²) in [5, 5.41) is 13.0. The maximum Gasteiger partial charge on any atom is 0.407 e. The molecule has 6 heteroatoms. The minimum absolute atomic E-state index is 0.199. The maximum absolute atomic E-state index is 11.4. The van der Waals surface area contributed by atoms with Crippen LogP contribution in [0.3, 0.4) is 0 Å². The van der Waals surface area contributed by atoms with Crippen molar-refractivity contribution in [2.45, 2.75) is 39.3 Å². The Morgan fingerprint density at radius 2 is 2.00 bits per heavy atom. The van der Waals surface area contributed by atoms with Crippen LogP contribution in [-0.4, -0.2) is 42.4 Å². The fraction of sp³-hybridized carbons (Fsp3) is 0.818. The van der Waals surface area contributed by atoms with Gasteiger partial charge in [0.2, 0.25) is 0 Å². The van der Waals surface area contributed by atoms with Gasteiger partial charge in [0.15, 0.2) is 0 Å². The Bertz CT molecular complexity index is 250. The highest BCUT2D eigenvalue weighted by Crippen LogP contribution is 2.10. The van der Waals surface area contributed by atoms with Gasteiger partial charge in [-0.15, -0.1) is 0 Å². The molecule has 1 heterocycles. The largest absolute Gasteiger partial charge is 0.483 e. The molecule has 2 atom stereocenters. The van der Waals surface area contributed by atoms with Gasteiger partial charge in [-0.25, -0.2) is 4.79 Å². The van der Waals surface area contributed by atoms with Crippen molar-refractivity contribution in [2.75, 3.05) is 13.1 Å². The molecule has 0 aromatic carbocycles. The van der Waals surface area contributed by atoms with Gasteiger partial charge >= 0.3 is 6.09 Å². The maximum atomic E-state index is 11.4. The minimum atomic E-state index is -0.417. The highest BCUT2D eigenvalue weighted by molar-refractivity contribution is 5.68. The zero-order chi connectivity index (χ0) is 13.5. The van der Waals surface area contributed by atoms with Crippen LogP contribution in [0.5, 0.6) is 0 Å². The number of amides is 1. The Labute approximate surface area is 102 Å². The molecule has 1 aliphatic rings. The van der Waals surface area contributed by atoms with Crippen LogP contribution in [0.4, 0.5) is 4.79 Å². The van der Waals surface area contributed by atoms with Crippen LogP contribution in [0.15, 0.2) is 0 Å². The molecular formula is C11H22N2O4. The predicted octanol–water partition coefficient (Wildman–Crippen LogP) is 0.820. The van der Waals surface area contributed by atoms with Crippen molar-refractivity contribution < 1.29 is 19.4 Å². The number of hydrogen-bond acceptors (Lipinski definition) is 4. The quantitative estimate of drug-likeness (QED) is 0.596. The van der Waals surface area contributed by atoms with Crippen LogP contribution in [0, 0.1) is 5.92 Å². The lowest BCUT2D eigenvalue weighted by molar-refractivity contribution is -0.122. The summed E-state index contributed by atoms with van der Waals surface area (Å²) in [6.07, 6.45) is -0.321. The normalized spacial score (nSPS) is 23.3. The zero-order valence-electron chi connectivity index (χ0n) is 10.8. The molecule has 0 saturated carbocycles. The molecule has 0 bridgehead atoms. The minimum Gasteiger partial charge on any atom is -0.483 e. The Morgan fingerprint density at radius 1 is 1.47 bits per heavy atom. The number of alkyl carbamates (subject to hydrolysis) is 1. The fourth-order valence-corrected chi connectivity index (χ4v) is 1.46. The summed E-state index contributed by atoms with van der Waals surface area (Å²) in [5.74, 6) is 0.475. The topological polar surface area (TPSA) is 87.7 Å². The number of hydrogen-bond donors (Lipinski definition) is 3. The Morgan fingerprint density at radius 3 is 2.35 bits per heavy atom. The first-order chi connectivity index (χ1) is 7.80. The fourth-order valence-electron chi connectivity index (χ4n) is 1.46. The van der Waals surface area contributed by atoms with Crippen LogP contribution in [0.25, 0.3) is 0 Å². The summed E-state index contributed by atoms with van der Waals surface area (Å²) in [6.45, 7) is 9.25. The van der Waals surface area contributed by atoms with Gasteiger partial charge in [-0.1, -0.05) is 6.92 Å². The average Bonchev–Trinajstić information content (AvgIpc) is 2.49. The third-order valence-corrected chi connectivity index (χ3v) is 2.22. The molecule has 100 valence electrons. The number of carbonyl (C=O) groups excluding carboxylic acids is 1. The molecule has 0 aliphatic carbocycles. The highest BCUT2D eigenvalue weighted by atomic mass is 16.6. The van der Waals surface area contributed by atoms with E-state index >= 15 is 0 Å². The molecule has 0 spiro atoms. The molecule has 0 aromatic heterocycles. The monoisotopic (exact) mass is 246 g/mol. The number of carbonyl (C=O) groups is 2. The lowest BCUT2D eigenvalue weighted by atomic mass is 10.1. The third kappa shape index (κ3) is 7.57. The van der Waals surface area contributed by atoms with E-state index < -0.39 is 5.60 Å². The smallest absolute Gasteiger partial charge is 0.407 e. The third-order valence-electron chi connectivity index (χ3n) is 2.22. The van der Waals surface area contributed by atoms with Crippen molar-refractivity contribution in [1.29, 1.82) is 0 Å². The molecule has 1 fully saturated rings. The van der Waals surface area contributed by atoms with Gasteiger partial charge in [-0.05, 0) is 33.2 Å². The van der Waals surface area contributed by atoms with Crippen molar-refractivity contribution >= 4 is 12.6 Å². The van der Waals surface area contributed by atoms with Crippen LogP contribution < -0.4 is 10.6 Å². The van der Waals surface area contributed by atoms with Crippen molar-refractivity contribution in [3.8, 4) is 0 Å². The van der Waals surface area contributed by atoms with E-state index in [1.165, 1.54) is 0 Å². The van der Waals surface area contributed by atoms with Gasteiger partial charge in [0.1, 0.15) is 5.60 Å². The van der Waals surface area contributed by atoms with Gasteiger partial charge in [-0.2, -0.15) is 0 Å². The summed E-state index contributed by atoms with van der Waals surface area (Å²) in [6, 6.07) is 0.199. The summed E-state index contributed by atoms with van der Waals surface area (Å²) in [5.41, 5.74) is -0.417. The molecule has 6 nitrogen and oxygen atoms in total. The first-order valence-electron chi connectivity index (χ1n) is 5.58. The molecule has 1 aliphatic heterocycles. The number of nitrogens with one attached hydrogen (secondary N) is 2. The molecule has 17 heavy (non-hydrogen) atoms. The van der Waals surface area contributed by atoms with E-state index in [4.69, 9.17) is 14.6 Å². The Hall–Kier alpha value is -1.30. The van der Waals surface area contributed by atoms with Crippen LogP contribution >= 0.6 is 0 Å². The molecule has 1 saturated heterocycles. The van der Waals surface area contributed by atoms with E-state index in [1.54, 1.807) is 0 Å². The van der Waals surface area contributed by atoms with Crippen molar-refractivity contribution in [1.82, 2.24) is 10.6 Å². The van der Waals surface area contributed by atoms with Gasteiger partial charge < -0.3 is 20.5 Å². The molecule has 1 amide bonds. The zero-order valence-corrected chi connectivity index (χ0v) is 10.8. The van der Waals surface area contributed by atoms with Crippen molar-refractivity contribution in [3.05, 3.63) is 0 Å². The molecule has 0 unspecified atom stereocenters. The lowest BCUT2D eigenvalue weighted by Gasteiger charge is -2.22. The molecular weight excluding hydrogens is 224 g/mol. The van der Waals surface area contributed by atoms with Gasteiger partial charge in [-0.3, -0.25) is 4.79 Å². The molecule has 0 aromatic rings. The van der Waals surface area contributed by atoms with E-state index in [9.17, 15) is 4.79 Å². The van der Waals surface area contributed by atoms with Crippen LogP contribution in [0.2, 0.25) is 0 Å². The van der Waals surface area contributed by atoms with Gasteiger partial charge in [0.05, 0.1) is 0 Å². The molecule has 1 rings (SSSR count). The summed E-state index contributed by atoms with van der Waals surface area (Å²) < 4.78 is 5.17. The van der Waals surface area contributed by atoms with E-state index in [0.717, 1.165) is 13.1 Å². The molecule has 0 radical (unpaired) electrons. The van der Waals surface area contributed by atoms with E-state index in [0.29, 0.717) is 5.92 Å². The summed E-state index contributed by atoms with van der Waals surface area (Å²) in [7, 11) is 0. The van der Waals surface area contributed by atoms with E-state index in [1.807, 2.05) is 20.8 Å². The van der Waals surface area contributed by atoms with E-state index in [-0.39, 0.29) is 18.6 Å². The number of ether oxygens (including phenoxy) is 1. The Balaban J connectivity index is 0.000000770. The van der Waals surface area contributed by atoms with E-state index in [2.05, 4.69) is 17.6 Å². The van der Waals surface area contributed by atoms with Crippen LogP contribution in [-0.2, 0) is 9.53 Å². The number of rotatable bonds is 1. The second kappa shape index (κ2) is 7.11. The predicted molar refractivity (Wildman–Crippen MR) is 63.9 cm³/mol. The first-order valence-corrected chi connectivity index (χ1v) is 5.58. The first kappa shape index (κ1) is 15.7. The SMILES string of the molecule is C[C@H]1CNC[C@H]1NC(=O)OC(C)(C)C.O=CO. The van der Waals surface area contributed by atoms with Crippen molar-refractivity contribution in [2.24, 2.45) is 5.92 Å².